The lowest BCUT2D eigenvalue weighted by atomic mass is 9.88. The minimum Gasteiger partial charge on any atom is -0.340 e. The molecule has 1 aromatic carbocycles. The summed E-state index contributed by atoms with van der Waals surface area (Å²) in [4.78, 5) is 22.0. The molecule has 0 spiro atoms. The average Bonchev–Trinajstić information content (AvgIpc) is 3.18. The smallest absolute Gasteiger partial charge is 0.225 e. The maximum Gasteiger partial charge on any atom is 0.225 e. The summed E-state index contributed by atoms with van der Waals surface area (Å²) >= 11 is 7.64. The molecule has 0 bridgehead atoms. The van der Waals surface area contributed by atoms with E-state index in [2.05, 4.69) is 15.2 Å². The Balaban J connectivity index is 1.29. The molecule has 1 amide bonds. The maximum atomic E-state index is 12.7. The summed E-state index contributed by atoms with van der Waals surface area (Å²) < 4.78 is 0. The molecule has 27 heavy (non-hydrogen) atoms. The van der Waals surface area contributed by atoms with Crippen molar-refractivity contribution < 1.29 is 4.79 Å². The second kappa shape index (κ2) is 8.72. The van der Waals surface area contributed by atoms with Gasteiger partial charge in [-0.15, -0.1) is 11.3 Å². The summed E-state index contributed by atoms with van der Waals surface area (Å²) in [7, 11) is 0. The van der Waals surface area contributed by atoms with E-state index in [0.717, 1.165) is 66.9 Å². The van der Waals surface area contributed by atoms with E-state index in [-0.39, 0.29) is 5.92 Å². The summed E-state index contributed by atoms with van der Waals surface area (Å²) in [6.07, 6.45) is 5.91. The van der Waals surface area contributed by atoms with Crippen molar-refractivity contribution in [3.63, 3.8) is 0 Å². The molecule has 6 heteroatoms. The summed E-state index contributed by atoms with van der Waals surface area (Å²) in [5, 5.41) is 3.92. The predicted molar refractivity (Wildman–Crippen MR) is 111 cm³/mol. The highest BCUT2D eigenvalue weighted by Gasteiger charge is 2.28. The van der Waals surface area contributed by atoms with Crippen LogP contribution < -0.4 is 0 Å². The van der Waals surface area contributed by atoms with Gasteiger partial charge >= 0.3 is 0 Å². The van der Waals surface area contributed by atoms with Gasteiger partial charge in [-0.2, -0.15) is 0 Å². The number of carbonyl (C=O) groups excluding carboxylic acids is 1. The van der Waals surface area contributed by atoms with E-state index in [1.165, 1.54) is 19.3 Å². The van der Waals surface area contributed by atoms with Gasteiger partial charge in [0.1, 0.15) is 5.01 Å². The molecule has 2 heterocycles. The highest BCUT2D eigenvalue weighted by Crippen LogP contribution is 2.27. The lowest BCUT2D eigenvalue weighted by molar-refractivity contribution is -0.138. The largest absolute Gasteiger partial charge is 0.340 e. The third-order valence-corrected chi connectivity index (χ3v) is 6.86. The Labute approximate surface area is 170 Å². The van der Waals surface area contributed by atoms with Gasteiger partial charge in [0.25, 0.3) is 0 Å². The van der Waals surface area contributed by atoms with Crippen LogP contribution in [-0.2, 0) is 11.3 Å². The van der Waals surface area contributed by atoms with Crippen LogP contribution >= 0.6 is 22.9 Å². The molecule has 2 aromatic rings. The minimum atomic E-state index is 0.283. The van der Waals surface area contributed by atoms with Crippen LogP contribution in [0.4, 0.5) is 0 Å². The number of aromatic nitrogens is 1. The molecule has 0 atom stereocenters. The lowest BCUT2D eigenvalue weighted by Gasteiger charge is -2.36. The number of hydrogen-bond donors (Lipinski definition) is 0. The molecule has 0 unspecified atom stereocenters. The number of amides is 1. The zero-order chi connectivity index (χ0) is 18.6. The molecule has 4 rings (SSSR count). The van der Waals surface area contributed by atoms with Crippen molar-refractivity contribution in [2.24, 2.45) is 5.92 Å². The third kappa shape index (κ3) is 4.71. The van der Waals surface area contributed by atoms with Crippen LogP contribution in [0.2, 0.25) is 5.02 Å². The fourth-order valence-electron chi connectivity index (χ4n) is 4.07. The molecule has 1 saturated heterocycles. The van der Waals surface area contributed by atoms with Crippen LogP contribution in [0.5, 0.6) is 0 Å². The summed E-state index contributed by atoms with van der Waals surface area (Å²) in [5.41, 5.74) is 2.22. The number of nitrogens with zero attached hydrogens (tertiary/aromatic N) is 3. The van der Waals surface area contributed by atoms with Gasteiger partial charge in [-0.1, -0.05) is 43.0 Å². The Morgan fingerprint density at radius 1 is 1.07 bits per heavy atom. The van der Waals surface area contributed by atoms with Crippen LogP contribution in [-0.4, -0.2) is 46.9 Å². The van der Waals surface area contributed by atoms with Crippen molar-refractivity contribution in [3.05, 3.63) is 40.4 Å². The normalized spacial score (nSPS) is 19.4. The van der Waals surface area contributed by atoms with Crippen molar-refractivity contribution in [2.75, 3.05) is 26.2 Å². The van der Waals surface area contributed by atoms with E-state index < -0.39 is 0 Å². The molecular weight excluding hydrogens is 378 g/mol. The van der Waals surface area contributed by atoms with Crippen LogP contribution in [0.1, 0.15) is 37.8 Å². The zero-order valence-electron chi connectivity index (χ0n) is 15.6. The Kier molecular flexibility index (Phi) is 6.11. The fraction of sp³-hybridized carbons (Fsp3) is 0.524. The molecule has 4 nitrogen and oxygen atoms in total. The monoisotopic (exact) mass is 403 g/mol. The average molecular weight is 404 g/mol. The highest BCUT2D eigenvalue weighted by atomic mass is 35.5. The van der Waals surface area contributed by atoms with Crippen molar-refractivity contribution >= 4 is 28.8 Å². The quantitative estimate of drug-likeness (QED) is 0.743. The molecular formula is C21H26ClN3OS. The van der Waals surface area contributed by atoms with Gasteiger partial charge < -0.3 is 4.90 Å². The second-order valence-electron chi connectivity index (χ2n) is 7.59. The molecule has 2 fully saturated rings. The highest BCUT2D eigenvalue weighted by molar-refractivity contribution is 7.13. The fourth-order valence-corrected chi connectivity index (χ4v) is 5.01. The maximum absolute atomic E-state index is 12.7. The second-order valence-corrected chi connectivity index (χ2v) is 8.88. The standard InChI is InChI=1S/C21H26ClN3OS/c22-18-8-6-16(7-9-18)20-23-19(15-27-20)14-24-10-12-25(13-11-24)21(26)17-4-2-1-3-5-17/h6-9,15,17H,1-5,10-14H2. The predicted octanol–water partition coefficient (Wildman–Crippen LogP) is 4.69. The minimum absolute atomic E-state index is 0.283. The van der Waals surface area contributed by atoms with Crippen molar-refractivity contribution in [2.45, 2.75) is 38.6 Å². The van der Waals surface area contributed by atoms with Gasteiger partial charge in [0.05, 0.1) is 5.69 Å². The summed E-state index contributed by atoms with van der Waals surface area (Å²) in [5.74, 6) is 0.679. The number of rotatable bonds is 4. The first-order valence-electron chi connectivity index (χ1n) is 9.90. The van der Waals surface area contributed by atoms with Gasteiger partial charge in [-0.3, -0.25) is 9.69 Å². The molecule has 1 aliphatic carbocycles. The van der Waals surface area contributed by atoms with Gasteiger partial charge in [0, 0.05) is 54.6 Å². The SMILES string of the molecule is O=C(C1CCCCC1)N1CCN(Cc2csc(-c3ccc(Cl)cc3)n2)CC1. The van der Waals surface area contributed by atoms with Gasteiger partial charge in [-0.05, 0) is 25.0 Å². The van der Waals surface area contributed by atoms with E-state index in [1.54, 1.807) is 11.3 Å². The Bertz CT molecular complexity index is 762. The van der Waals surface area contributed by atoms with Crippen LogP contribution in [0.15, 0.2) is 29.6 Å². The number of piperazine rings is 1. The van der Waals surface area contributed by atoms with E-state index >= 15 is 0 Å². The summed E-state index contributed by atoms with van der Waals surface area (Å²) in [6, 6.07) is 7.84. The Hall–Kier alpha value is -1.43. The van der Waals surface area contributed by atoms with Crippen molar-refractivity contribution in [1.29, 1.82) is 0 Å². The number of halogens is 1. The lowest BCUT2D eigenvalue weighted by Crippen LogP contribution is -2.50. The van der Waals surface area contributed by atoms with E-state index in [1.807, 2.05) is 24.3 Å². The zero-order valence-corrected chi connectivity index (χ0v) is 17.1. The third-order valence-electron chi connectivity index (χ3n) is 5.67. The molecule has 144 valence electrons. The van der Waals surface area contributed by atoms with Crippen molar-refractivity contribution in [1.82, 2.24) is 14.8 Å². The van der Waals surface area contributed by atoms with Gasteiger partial charge in [0.15, 0.2) is 0 Å². The molecule has 0 N–H and O–H groups in total. The number of benzene rings is 1. The van der Waals surface area contributed by atoms with Crippen LogP contribution in [0, 0.1) is 5.92 Å². The van der Waals surface area contributed by atoms with E-state index in [0.29, 0.717) is 5.91 Å². The first-order chi connectivity index (χ1) is 13.2. The molecule has 0 radical (unpaired) electrons. The molecule has 2 aliphatic rings. The van der Waals surface area contributed by atoms with Crippen molar-refractivity contribution in [3.8, 4) is 10.6 Å². The topological polar surface area (TPSA) is 36.4 Å². The van der Waals surface area contributed by atoms with Gasteiger partial charge in [0.2, 0.25) is 5.91 Å². The Morgan fingerprint density at radius 2 is 1.78 bits per heavy atom. The Morgan fingerprint density at radius 3 is 2.48 bits per heavy atom. The molecule has 1 aromatic heterocycles. The van der Waals surface area contributed by atoms with Crippen LogP contribution in [0.25, 0.3) is 10.6 Å². The number of hydrogen-bond acceptors (Lipinski definition) is 4. The summed E-state index contributed by atoms with van der Waals surface area (Å²) in [6.45, 7) is 4.43. The first kappa shape index (κ1) is 18.9. The van der Waals surface area contributed by atoms with Crippen LogP contribution in [0.3, 0.4) is 0 Å². The molecule has 1 saturated carbocycles. The molecule has 1 aliphatic heterocycles. The van der Waals surface area contributed by atoms with Gasteiger partial charge in [-0.25, -0.2) is 4.98 Å². The number of carbonyl (C=O) groups is 1. The van der Waals surface area contributed by atoms with E-state index in [9.17, 15) is 4.79 Å². The van der Waals surface area contributed by atoms with E-state index in [4.69, 9.17) is 16.6 Å². The first-order valence-corrected chi connectivity index (χ1v) is 11.2. The number of thiazole rings is 1.